The van der Waals surface area contributed by atoms with Gasteiger partial charge in [0.15, 0.2) is 8.32 Å². The fourth-order valence-electron chi connectivity index (χ4n) is 6.06. The summed E-state index contributed by atoms with van der Waals surface area (Å²) in [6, 6.07) is 5.52. The lowest BCUT2D eigenvalue weighted by Gasteiger charge is -2.45. The van der Waals surface area contributed by atoms with Crippen LogP contribution in [0.1, 0.15) is 79.7 Å². The molecule has 0 aromatic heterocycles. The molecule has 1 aromatic carbocycles. The second-order valence-electron chi connectivity index (χ2n) is 14.4. The van der Waals surface area contributed by atoms with E-state index in [1.165, 1.54) is 60.8 Å². The van der Waals surface area contributed by atoms with Gasteiger partial charge in [-0.1, -0.05) is 72.2 Å². The largest absolute Gasteiger partial charge is 0.497 e. The molecule has 0 bridgehead atoms. The summed E-state index contributed by atoms with van der Waals surface area (Å²) in [5.41, 5.74) is -0.893. The predicted molar refractivity (Wildman–Crippen MR) is 187 cm³/mol. The van der Waals surface area contributed by atoms with Gasteiger partial charge in [-0.2, -0.15) is 57.1 Å². The second-order valence-corrected chi connectivity index (χ2v) is 19.3. The zero-order chi connectivity index (χ0) is 44.6. The van der Waals surface area contributed by atoms with E-state index in [1.807, 2.05) is 0 Å². The number of halogens is 13. The van der Waals surface area contributed by atoms with Gasteiger partial charge in [-0.25, -0.2) is 4.79 Å². The molecular weight excluding hydrogens is 815 g/mol. The van der Waals surface area contributed by atoms with Crippen molar-refractivity contribution in [2.45, 2.75) is 140 Å². The van der Waals surface area contributed by atoms with Crippen molar-refractivity contribution in [2.75, 3.05) is 13.7 Å². The summed E-state index contributed by atoms with van der Waals surface area (Å²) < 4.78 is 199. The highest BCUT2D eigenvalue weighted by Crippen LogP contribution is 2.61. The molecule has 0 aliphatic rings. The third-order valence-electron chi connectivity index (χ3n) is 9.83. The van der Waals surface area contributed by atoms with Gasteiger partial charge in [-0.3, -0.25) is 4.79 Å². The summed E-state index contributed by atoms with van der Waals surface area (Å²) in [7, 11) is -2.69. The minimum atomic E-state index is -8.02. The molecule has 1 aromatic rings. The topological polar surface area (TPSA) is 82.1 Å². The molecule has 57 heavy (non-hydrogen) atoms. The van der Waals surface area contributed by atoms with Crippen LogP contribution in [0.2, 0.25) is 17.1 Å². The molecular formula is C37H49F13O6Si. The minimum absolute atomic E-state index is 0.0759. The van der Waals surface area contributed by atoms with Crippen LogP contribution < -0.4 is 4.74 Å². The van der Waals surface area contributed by atoms with E-state index in [9.17, 15) is 63.0 Å². The van der Waals surface area contributed by atoms with Gasteiger partial charge in [-0.15, -0.1) is 0 Å². The van der Waals surface area contributed by atoms with E-state index in [1.54, 1.807) is 31.2 Å². The molecule has 0 heterocycles. The van der Waals surface area contributed by atoms with Gasteiger partial charge in [0.25, 0.3) is 0 Å². The maximum Gasteiger partial charge on any atom is 0.460 e. The van der Waals surface area contributed by atoms with E-state index in [0.29, 0.717) is 12.2 Å². The molecule has 0 aliphatic heterocycles. The van der Waals surface area contributed by atoms with Gasteiger partial charge >= 0.3 is 41.8 Å². The molecule has 2 atom stereocenters. The summed E-state index contributed by atoms with van der Waals surface area (Å²) >= 11 is 0. The number of alkyl halides is 13. The summed E-state index contributed by atoms with van der Waals surface area (Å²) in [4.78, 5) is 25.2. The number of carbonyl (C=O) groups excluding carboxylic acids is 1. The fourth-order valence-corrected chi connectivity index (χ4v) is 10.8. The average molecular weight is 865 g/mol. The van der Waals surface area contributed by atoms with Crippen LogP contribution in [-0.4, -0.2) is 80.8 Å². The first-order chi connectivity index (χ1) is 25.8. The molecule has 0 spiro atoms. The van der Waals surface area contributed by atoms with Gasteiger partial charge in [0.05, 0.1) is 26.4 Å². The summed E-state index contributed by atoms with van der Waals surface area (Å²) in [6.07, 6.45) is -8.61. The Balaban J connectivity index is 3.69. The van der Waals surface area contributed by atoms with Crippen LogP contribution in [0.3, 0.4) is 0 Å². The quantitative estimate of drug-likeness (QED) is 0.0366. The molecule has 1 N–H and O–H groups in total. The van der Waals surface area contributed by atoms with Crippen molar-refractivity contribution >= 4 is 20.1 Å². The number of allylic oxidation sites excluding steroid dienone is 1. The number of Topliss-reactive ketones (excluding diaryl/α,β-unsaturated/α-hetero) is 1. The van der Waals surface area contributed by atoms with E-state index in [2.05, 4.69) is 0 Å². The van der Waals surface area contributed by atoms with Crippen LogP contribution in [0.25, 0.3) is 0 Å². The lowest BCUT2D eigenvalue weighted by Crippen LogP contribution is -2.70. The van der Waals surface area contributed by atoms with Crippen LogP contribution in [0.5, 0.6) is 5.75 Å². The number of aliphatic carboxylic acids is 1. The molecule has 0 radical (unpaired) electrons. The first kappa shape index (κ1) is 51.9. The highest BCUT2D eigenvalue weighted by molar-refractivity contribution is 6.76. The Morgan fingerprint density at radius 1 is 0.789 bits per heavy atom. The first-order valence-electron chi connectivity index (χ1n) is 17.8. The SMILES string of the molecule is CCC/C(=C/CC(=O)[C@H](C)[C@H](O[Si](CCC(F)(F)C(F)(F)C(F)(F)C(F)(F)C(F)(F)C(F)(F)F)(C(C)C)C(C)C)/C(C)=C/COCc1ccc(OC)cc1)C(=O)O. The van der Waals surface area contributed by atoms with E-state index in [4.69, 9.17) is 13.9 Å². The number of carboxylic acids is 1. The van der Waals surface area contributed by atoms with Crippen LogP contribution in [0.15, 0.2) is 47.6 Å². The maximum absolute atomic E-state index is 15.2. The normalized spacial score (nSPS) is 15.6. The number of ether oxygens (including phenoxy) is 2. The number of methoxy groups -OCH3 is 1. The zero-order valence-corrected chi connectivity index (χ0v) is 33.6. The molecule has 0 amide bonds. The molecule has 6 nitrogen and oxygen atoms in total. The van der Waals surface area contributed by atoms with Gasteiger partial charge in [0.1, 0.15) is 11.5 Å². The zero-order valence-electron chi connectivity index (χ0n) is 32.6. The molecule has 0 aliphatic carbocycles. The highest BCUT2D eigenvalue weighted by Gasteiger charge is 2.90. The van der Waals surface area contributed by atoms with Crippen molar-refractivity contribution in [3.05, 3.63) is 53.1 Å². The van der Waals surface area contributed by atoms with Crippen molar-refractivity contribution in [3.8, 4) is 5.75 Å². The van der Waals surface area contributed by atoms with Crippen molar-refractivity contribution in [1.82, 2.24) is 0 Å². The minimum Gasteiger partial charge on any atom is -0.497 e. The maximum atomic E-state index is 15.2. The Hall–Kier alpha value is -3.13. The Bertz CT molecular complexity index is 1530. The van der Waals surface area contributed by atoms with Gasteiger partial charge in [0, 0.05) is 24.3 Å². The fraction of sp³-hybridized carbons (Fsp3) is 0.676. The molecule has 328 valence electrons. The van der Waals surface area contributed by atoms with Crippen molar-refractivity contribution in [3.63, 3.8) is 0 Å². The van der Waals surface area contributed by atoms with Crippen LogP contribution >= 0.6 is 0 Å². The number of carbonyl (C=O) groups is 2. The molecule has 1 rings (SSSR count). The summed E-state index contributed by atoms with van der Waals surface area (Å²) in [6.45, 7) is 10.0. The van der Waals surface area contributed by atoms with E-state index in [-0.39, 0.29) is 30.8 Å². The van der Waals surface area contributed by atoms with Crippen LogP contribution in [0, 0.1) is 5.92 Å². The molecule has 0 saturated heterocycles. The third-order valence-corrected chi connectivity index (χ3v) is 15.5. The van der Waals surface area contributed by atoms with Gasteiger partial charge in [0.2, 0.25) is 0 Å². The van der Waals surface area contributed by atoms with Gasteiger partial charge in [-0.05, 0) is 53.7 Å². The van der Waals surface area contributed by atoms with E-state index < -0.39 is 97.8 Å². The molecule has 0 unspecified atom stereocenters. The Morgan fingerprint density at radius 2 is 1.30 bits per heavy atom. The Morgan fingerprint density at radius 3 is 1.74 bits per heavy atom. The van der Waals surface area contributed by atoms with E-state index >= 15 is 8.78 Å². The van der Waals surface area contributed by atoms with Crippen LogP contribution in [0.4, 0.5) is 57.1 Å². The average Bonchev–Trinajstić information content (AvgIpc) is 3.10. The van der Waals surface area contributed by atoms with Crippen LogP contribution in [-0.2, 0) is 25.4 Å². The standard InChI is InChI=1S/C37H49F13O6Si/c1-9-10-27(31(52)53)13-16-29(51)25(7)30(24(6)17-19-55-21-26-11-14-28(54-8)15-12-26)56-57(22(2)3,23(4)5)20-18-32(38,39)33(40,41)34(42,43)35(44,45)36(46,47)37(48,49)50/h11-15,17,22-23,25,30H,9-10,16,18-21H2,1-8H3,(H,52,53)/b24-17+,27-13-/t25-,30+/m0/s1. The highest BCUT2D eigenvalue weighted by atomic mass is 28.4. The first-order valence-corrected chi connectivity index (χ1v) is 20.1. The molecule has 20 heteroatoms. The van der Waals surface area contributed by atoms with Crippen molar-refractivity contribution < 1.29 is 85.7 Å². The monoisotopic (exact) mass is 864 g/mol. The predicted octanol–water partition coefficient (Wildman–Crippen LogP) is 11.8. The number of hydrogen-bond donors (Lipinski definition) is 1. The smallest absolute Gasteiger partial charge is 0.460 e. The lowest BCUT2D eigenvalue weighted by atomic mass is 9.92. The molecule has 0 fully saturated rings. The number of ketones is 1. The summed E-state index contributed by atoms with van der Waals surface area (Å²) in [5.74, 6) is -40.1. The van der Waals surface area contributed by atoms with E-state index in [0.717, 1.165) is 5.56 Å². The number of rotatable bonds is 24. The summed E-state index contributed by atoms with van der Waals surface area (Å²) in [5, 5.41) is 9.49. The number of hydrogen-bond acceptors (Lipinski definition) is 5. The van der Waals surface area contributed by atoms with Gasteiger partial charge < -0.3 is 19.0 Å². The van der Waals surface area contributed by atoms with Crippen molar-refractivity contribution in [2.24, 2.45) is 5.92 Å². The number of benzene rings is 1. The Kier molecular flexibility index (Phi) is 18.0. The lowest BCUT2D eigenvalue weighted by molar-refractivity contribution is -0.440. The number of carboxylic acid groups (broad SMARTS) is 1. The van der Waals surface area contributed by atoms with Crippen molar-refractivity contribution in [1.29, 1.82) is 0 Å². The Labute approximate surface area is 323 Å². The molecule has 0 saturated carbocycles. The second kappa shape index (κ2) is 19.7. The third kappa shape index (κ3) is 11.5.